The number of rotatable bonds is 5. The highest BCUT2D eigenvalue weighted by atomic mass is 16.6. The molecule has 0 radical (unpaired) electrons. The van der Waals surface area contributed by atoms with Crippen molar-refractivity contribution in [3.05, 3.63) is 46.3 Å². The largest absolute Gasteiger partial charge is 0.444 e. The van der Waals surface area contributed by atoms with E-state index >= 15 is 0 Å². The summed E-state index contributed by atoms with van der Waals surface area (Å²) in [5.41, 5.74) is 0.346. The molecule has 2 rings (SSSR count). The first-order valence-electron chi connectivity index (χ1n) is 5.47. The van der Waals surface area contributed by atoms with Gasteiger partial charge in [0, 0.05) is 6.42 Å². The molecule has 7 nitrogen and oxygen atoms in total. The third-order valence-electron chi connectivity index (χ3n) is 2.34. The first-order valence-corrected chi connectivity index (χ1v) is 5.47. The zero-order valence-corrected chi connectivity index (χ0v) is 9.79. The average Bonchev–Trinajstić information content (AvgIpc) is 2.84. The molecule has 0 atom stereocenters. The molecule has 0 aromatic carbocycles. The van der Waals surface area contributed by atoms with Gasteiger partial charge in [-0.3, -0.25) is 0 Å². The van der Waals surface area contributed by atoms with Gasteiger partial charge >= 0.3 is 5.82 Å². The fourth-order valence-corrected chi connectivity index (χ4v) is 1.44. The number of aryl methyl sites for hydroxylation is 1. The van der Waals surface area contributed by atoms with E-state index in [0.717, 1.165) is 12.2 Å². The Morgan fingerprint density at radius 3 is 3.00 bits per heavy atom. The third kappa shape index (κ3) is 2.62. The van der Waals surface area contributed by atoms with E-state index in [1.54, 1.807) is 18.3 Å². The van der Waals surface area contributed by atoms with E-state index in [2.05, 4.69) is 15.3 Å². The zero-order valence-electron chi connectivity index (χ0n) is 9.79. The molecule has 0 fully saturated rings. The van der Waals surface area contributed by atoms with Gasteiger partial charge in [-0.05, 0) is 22.0 Å². The van der Waals surface area contributed by atoms with Crippen molar-refractivity contribution in [1.29, 1.82) is 0 Å². The number of hydrogen-bond acceptors (Lipinski definition) is 6. The van der Waals surface area contributed by atoms with Crippen LogP contribution < -0.4 is 5.32 Å². The van der Waals surface area contributed by atoms with Crippen LogP contribution in [0.1, 0.15) is 18.6 Å². The lowest BCUT2D eigenvalue weighted by Gasteiger charge is -2.03. The van der Waals surface area contributed by atoms with Crippen LogP contribution in [0.3, 0.4) is 0 Å². The molecule has 7 heteroatoms. The van der Waals surface area contributed by atoms with Crippen LogP contribution in [0.5, 0.6) is 0 Å². The molecular weight excluding hydrogens is 236 g/mol. The average molecular weight is 248 g/mol. The number of aromatic nitrogens is 2. The minimum Gasteiger partial charge on any atom is -0.444 e. The molecule has 94 valence electrons. The molecule has 2 aromatic rings. The first kappa shape index (κ1) is 12.0. The number of oxazole rings is 1. The van der Waals surface area contributed by atoms with Crippen LogP contribution in [0.2, 0.25) is 0 Å². The molecule has 0 saturated carbocycles. The fourth-order valence-electron chi connectivity index (χ4n) is 1.44. The van der Waals surface area contributed by atoms with Crippen LogP contribution in [-0.4, -0.2) is 14.9 Å². The molecule has 0 saturated heterocycles. The predicted octanol–water partition coefficient (Wildman–Crippen LogP) is 2.15. The highest BCUT2D eigenvalue weighted by Gasteiger charge is 2.14. The van der Waals surface area contributed by atoms with E-state index in [-0.39, 0.29) is 12.4 Å². The Balaban J connectivity index is 2.08. The molecule has 2 heterocycles. The van der Waals surface area contributed by atoms with Crippen molar-refractivity contribution >= 4 is 11.5 Å². The van der Waals surface area contributed by atoms with Gasteiger partial charge in [-0.2, -0.15) is 0 Å². The van der Waals surface area contributed by atoms with E-state index in [1.165, 1.54) is 6.20 Å². The van der Waals surface area contributed by atoms with Crippen LogP contribution >= 0.6 is 0 Å². The van der Waals surface area contributed by atoms with E-state index in [1.807, 2.05) is 6.92 Å². The van der Waals surface area contributed by atoms with Gasteiger partial charge in [0.15, 0.2) is 0 Å². The Morgan fingerprint density at radius 1 is 1.50 bits per heavy atom. The van der Waals surface area contributed by atoms with Crippen molar-refractivity contribution in [1.82, 2.24) is 9.97 Å². The Morgan fingerprint density at radius 2 is 2.33 bits per heavy atom. The second kappa shape index (κ2) is 5.26. The number of nitrogens with one attached hydrogen (secondary N) is 1. The maximum absolute atomic E-state index is 10.7. The van der Waals surface area contributed by atoms with Gasteiger partial charge in [0.25, 0.3) is 0 Å². The Kier molecular flexibility index (Phi) is 3.52. The van der Waals surface area contributed by atoms with Crippen LogP contribution in [0.25, 0.3) is 0 Å². The highest BCUT2D eigenvalue weighted by Crippen LogP contribution is 2.20. The van der Waals surface area contributed by atoms with Gasteiger partial charge in [0.2, 0.25) is 5.89 Å². The predicted molar refractivity (Wildman–Crippen MR) is 64.1 cm³/mol. The van der Waals surface area contributed by atoms with Crippen molar-refractivity contribution in [2.24, 2.45) is 0 Å². The summed E-state index contributed by atoms with van der Waals surface area (Å²) in [6.45, 7) is 2.25. The topological polar surface area (TPSA) is 94.1 Å². The molecule has 0 aliphatic carbocycles. The van der Waals surface area contributed by atoms with Gasteiger partial charge in [0.05, 0.1) is 12.7 Å². The number of pyridine rings is 1. The summed E-state index contributed by atoms with van der Waals surface area (Å²) in [7, 11) is 0. The summed E-state index contributed by atoms with van der Waals surface area (Å²) in [6, 6.07) is 3.22. The van der Waals surface area contributed by atoms with Gasteiger partial charge < -0.3 is 19.8 Å². The molecule has 0 aliphatic rings. The summed E-state index contributed by atoms with van der Waals surface area (Å²) < 4.78 is 5.39. The lowest BCUT2D eigenvalue weighted by Crippen LogP contribution is -2.03. The summed E-state index contributed by atoms with van der Waals surface area (Å²) in [4.78, 5) is 18.0. The first-order chi connectivity index (χ1) is 8.70. The molecule has 0 unspecified atom stereocenters. The van der Waals surface area contributed by atoms with Gasteiger partial charge in [-0.15, -0.1) is 0 Å². The standard InChI is InChI=1S/C11H12N4O3/c1-2-8-6-14-10(18-8)7-13-9-4-3-5-12-11(9)15(16)17/h3-6,13H,2,7H2,1H3. The normalized spacial score (nSPS) is 10.3. The molecule has 1 N–H and O–H groups in total. The minimum absolute atomic E-state index is 0.209. The smallest absolute Gasteiger partial charge is 0.386 e. The lowest BCUT2D eigenvalue weighted by atomic mass is 10.4. The summed E-state index contributed by atoms with van der Waals surface area (Å²) in [5, 5.41) is 13.6. The number of nitro groups is 1. The van der Waals surface area contributed by atoms with E-state index in [9.17, 15) is 10.1 Å². The van der Waals surface area contributed by atoms with Gasteiger partial charge in [-0.25, -0.2) is 4.98 Å². The number of nitrogens with zero attached hydrogens (tertiary/aromatic N) is 3. The molecule has 0 aliphatic heterocycles. The van der Waals surface area contributed by atoms with Gasteiger partial charge in [-0.1, -0.05) is 6.92 Å². The molecule has 0 spiro atoms. The Bertz CT molecular complexity index is 553. The van der Waals surface area contributed by atoms with E-state index in [4.69, 9.17) is 4.42 Å². The van der Waals surface area contributed by atoms with Crippen molar-refractivity contribution in [2.75, 3.05) is 5.32 Å². The second-order valence-electron chi connectivity index (χ2n) is 3.56. The molecule has 0 bridgehead atoms. The van der Waals surface area contributed by atoms with E-state index in [0.29, 0.717) is 11.6 Å². The summed E-state index contributed by atoms with van der Waals surface area (Å²) >= 11 is 0. The van der Waals surface area contributed by atoms with Crippen molar-refractivity contribution in [3.8, 4) is 0 Å². The quantitative estimate of drug-likeness (QED) is 0.643. The van der Waals surface area contributed by atoms with Crippen molar-refractivity contribution in [3.63, 3.8) is 0 Å². The summed E-state index contributed by atoms with van der Waals surface area (Å²) in [6.07, 6.45) is 3.79. The monoisotopic (exact) mass is 248 g/mol. The van der Waals surface area contributed by atoms with Crippen molar-refractivity contribution in [2.45, 2.75) is 19.9 Å². The summed E-state index contributed by atoms with van der Waals surface area (Å²) in [5.74, 6) is 1.07. The van der Waals surface area contributed by atoms with Crippen LogP contribution in [-0.2, 0) is 13.0 Å². The molecular formula is C11H12N4O3. The van der Waals surface area contributed by atoms with E-state index < -0.39 is 4.92 Å². The van der Waals surface area contributed by atoms with Crippen LogP contribution in [0.15, 0.2) is 28.9 Å². The second-order valence-corrected chi connectivity index (χ2v) is 3.56. The highest BCUT2D eigenvalue weighted by molar-refractivity contribution is 5.56. The van der Waals surface area contributed by atoms with Crippen molar-refractivity contribution < 1.29 is 9.34 Å². The fraction of sp³-hybridized carbons (Fsp3) is 0.273. The number of hydrogen-bond donors (Lipinski definition) is 1. The molecule has 0 amide bonds. The maximum atomic E-state index is 10.7. The minimum atomic E-state index is -0.532. The number of anilines is 1. The molecule has 18 heavy (non-hydrogen) atoms. The lowest BCUT2D eigenvalue weighted by molar-refractivity contribution is -0.388. The maximum Gasteiger partial charge on any atom is 0.386 e. The SMILES string of the molecule is CCc1cnc(CNc2cccnc2[N+](=O)[O-])o1. The Hall–Kier alpha value is -2.44. The molecule has 2 aromatic heterocycles. The Labute approximate surface area is 103 Å². The van der Waals surface area contributed by atoms with Crippen LogP contribution in [0, 0.1) is 10.1 Å². The third-order valence-corrected chi connectivity index (χ3v) is 2.34. The van der Waals surface area contributed by atoms with Crippen LogP contribution in [0.4, 0.5) is 11.5 Å². The van der Waals surface area contributed by atoms with Gasteiger partial charge in [0.1, 0.15) is 17.6 Å². The zero-order chi connectivity index (χ0) is 13.0.